The van der Waals surface area contributed by atoms with Crippen LogP contribution in [-0.2, 0) is 4.74 Å². The molecular formula is C19H18Cl2O3S. The van der Waals surface area contributed by atoms with Crippen LogP contribution < -0.4 is 0 Å². The highest BCUT2D eigenvalue weighted by molar-refractivity contribution is 7.80. The van der Waals surface area contributed by atoms with Crippen molar-refractivity contribution in [2.75, 3.05) is 0 Å². The van der Waals surface area contributed by atoms with E-state index in [1.165, 1.54) is 12.1 Å². The lowest BCUT2D eigenvalue weighted by Crippen LogP contribution is -2.18. The van der Waals surface area contributed by atoms with Gasteiger partial charge in [0.25, 0.3) is 0 Å². The summed E-state index contributed by atoms with van der Waals surface area (Å²) in [6, 6.07) is 9.43. The lowest BCUT2D eigenvalue weighted by Gasteiger charge is -2.15. The van der Waals surface area contributed by atoms with Crippen LogP contribution in [0.25, 0.3) is 0 Å². The molecule has 2 aromatic carbocycles. The van der Waals surface area contributed by atoms with Crippen LogP contribution in [0.4, 0.5) is 0 Å². The molecule has 0 heterocycles. The molecule has 1 unspecified atom stereocenters. The summed E-state index contributed by atoms with van der Waals surface area (Å²) in [5.74, 6) is -0.959. The van der Waals surface area contributed by atoms with Gasteiger partial charge < -0.3 is 4.74 Å². The Hall–Kier alpha value is -1.49. The third-order valence-electron chi connectivity index (χ3n) is 3.67. The molecule has 0 fully saturated rings. The third-order valence-corrected chi connectivity index (χ3v) is 4.82. The number of hydrogen-bond donors (Lipinski definition) is 1. The van der Waals surface area contributed by atoms with Gasteiger partial charge in [-0.3, -0.25) is 4.79 Å². The smallest absolute Gasteiger partial charge is 0.339 e. The van der Waals surface area contributed by atoms with Crippen LogP contribution in [0.2, 0.25) is 10.0 Å². The minimum Gasteiger partial charge on any atom is -0.459 e. The molecule has 0 aliphatic carbocycles. The van der Waals surface area contributed by atoms with Gasteiger partial charge in [0.1, 0.15) is 0 Å². The Morgan fingerprint density at radius 1 is 1.16 bits per heavy atom. The van der Waals surface area contributed by atoms with Gasteiger partial charge in [-0.05, 0) is 43.7 Å². The molecular weight excluding hydrogens is 379 g/mol. The number of hydrogen-bond acceptors (Lipinski definition) is 4. The van der Waals surface area contributed by atoms with E-state index in [0.717, 1.165) is 12.8 Å². The van der Waals surface area contributed by atoms with Crippen molar-refractivity contribution in [2.45, 2.75) is 37.7 Å². The van der Waals surface area contributed by atoms with Crippen molar-refractivity contribution in [1.82, 2.24) is 0 Å². The van der Waals surface area contributed by atoms with Crippen molar-refractivity contribution in [3.63, 3.8) is 0 Å². The van der Waals surface area contributed by atoms with Crippen LogP contribution in [0, 0.1) is 0 Å². The highest BCUT2D eigenvalue weighted by Gasteiger charge is 2.23. The maximum Gasteiger partial charge on any atom is 0.339 e. The third kappa shape index (κ3) is 4.78. The van der Waals surface area contributed by atoms with Crippen molar-refractivity contribution in [2.24, 2.45) is 0 Å². The summed E-state index contributed by atoms with van der Waals surface area (Å²) in [6.45, 7) is 3.83. The number of esters is 1. The fraction of sp³-hybridized carbons (Fsp3) is 0.263. The summed E-state index contributed by atoms with van der Waals surface area (Å²) in [5.41, 5.74) is 0.582. The lowest BCUT2D eigenvalue weighted by atomic mass is 9.98. The van der Waals surface area contributed by atoms with Crippen molar-refractivity contribution in [1.29, 1.82) is 0 Å². The van der Waals surface area contributed by atoms with E-state index in [2.05, 4.69) is 12.6 Å². The van der Waals surface area contributed by atoms with E-state index in [-0.39, 0.29) is 22.3 Å². The maximum atomic E-state index is 12.9. The van der Waals surface area contributed by atoms with Crippen LogP contribution >= 0.6 is 35.8 Å². The standard InChI is InChI=1S/C19H18Cl2O3S/c1-3-5-11(2)24-19(23)13-6-4-7-14(20)17(13)18(22)12-8-9-16(25)15(21)10-12/h4,6-11,25H,3,5H2,1-2H3. The Bertz CT molecular complexity index is 805. The zero-order chi connectivity index (χ0) is 18.6. The first-order valence-electron chi connectivity index (χ1n) is 7.87. The van der Waals surface area contributed by atoms with Gasteiger partial charge in [-0.15, -0.1) is 12.6 Å². The minimum absolute atomic E-state index is 0.112. The molecule has 0 bridgehead atoms. The first-order valence-corrected chi connectivity index (χ1v) is 9.08. The van der Waals surface area contributed by atoms with Crippen LogP contribution in [0.15, 0.2) is 41.3 Å². The van der Waals surface area contributed by atoms with Gasteiger partial charge in [-0.25, -0.2) is 4.79 Å². The number of ketones is 1. The molecule has 1 atom stereocenters. The maximum absolute atomic E-state index is 12.9. The highest BCUT2D eigenvalue weighted by Crippen LogP contribution is 2.27. The van der Waals surface area contributed by atoms with Crippen LogP contribution in [0.1, 0.15) is 53.0 Å². The van der Waals surface area contributed by atoms with Gasteiger partial charge >= 0.3 is 5.97 Å². The number of ether oxygens (including phenoxy) is 1. The van der Waals surface area contributed by atoms with Gasteiger partial charge in [0.05, 0.1) is 27.3 Å². The van der Waals surface area contributed by atoms with E-state index in [9.17, 15) is 9.59 Å². The van der Waals surface area contributed by atoms with Crippen LogP contribution in [0.3, 0.4) is 0 Å². The van der Waals surface area contributed by atoms with E-state index in [4.69, 9.17) is 27.9 Å². The molecule has 0 aromatic heterocycles. The number of benzene rings is 2. The number of halogens is 2. The van der Waals surface area contributed by atoms with Crippen molar-refractivity contribution in [3.8, 4) is 0 Å². The molecule has 0 amide bonds. The molecule has 0 saturated heterocycles. The second kappa shape index (κ2) is 8.75. The molecule has 0 aliphatic rings. The van der Waals surface area contributed by atoms with Crippen molar-refractivity contribution >= 4 is 47.6 Å². The summed E-state index contributed by atoms with van der Waals surface area (Å²) >= 11 is 16.4. The number of thiol groups is 1. The SMILES string of the molecule is CCCC(C)OC(=O)c1cccc(Cl)c1C(=O)c1ccc(S)c(Cl)c1. The Balaban J connectivity index is 2.41. The monoisotopic (exact) mass is 396 g/mol. The van der Waals surface area contributed by atoms with Gasteiger partial charge in [0.15, 0.2) is 5.78 Å². The molecule has 2 rings (SSSR count). The topological polar surface area (TPSA) is 43.4 Å². The van der Waals surface area contributed by atoms with Gasteiger partial charge in [-0.1, -0.05) is 42.6 Å². The predicted octanol–water partition coefficient (Wildman–Crippen LogP) is 5.86. The molecule has 0 aliphatic heterocycles. The largest absolute Gasteiger partial charge is 0.459 e. The minimum atomic E-state index is -0.566. The molecule has 2 aromatic rings. The molecule has 0 spiro atoms. The van der Waals surface area contributed by atoms with E-state index < -0.39 is 11.8 Å². The molecule has 132 valence electrons. The van der Waals surface area contributed by atoms with Gasteiger partial charge in [0.2, 0.25) is 0 Å². The van der Waals surface area contributed by atoms with Crippen LogP contribution in [-0.4, -0.2) is 17.9 Å². The number of carbonyl (C=O) groups excluding carboxylic acids is 2. The fourth-order valence-corrected chi connectivity index (χ4v) is 3.01. The van der Waals surface area contributed by atoms with E-state index in [1.807, 2.05) is 13.8 Å². The van der Waals surface area contributed by atoms with Crippen molar-refractivity contribution < 1.29 is 14.3 Å². The molecule has 0 N–H and O–H groups in total. The molecule has 0 saturated carbocycles. The average Bonchev–Trinajstić information content (AvgIpc) is 2.56. The van der Waals surface area contributed by atoms with E-state index >= 15 is 0 Å². The predicted molar refractivity (Wildman–Crippen MR) is 103 cm³/mol. The van der Waals surface area contributed by atoms with Crippen molar-refractivity contribution in [3.05, 3.63) is 63.1 Å². The van der Waals surface area contributed by atoms with E-state index in [0.29, 0.717) is 15.5 Å². The summed E-state index contributed by atoms with van der Waals surface area (Å²) in [4.78, 5) is 25.9. The van der Waals surface area contributed by atoms with Gasteiger partial charge in [-0.2, -0.15) is 0 Å². The highest BCUT2D eigenvalue weighted by atomic mass is 35.5. The quantitative estimate of drug-likeness (QED) is 0.377. The molecule has 3 nitrogen and oxygen atoms in total. The van der Waals surface area contributed by atoms with E-state index in [1.54, 1.807) is 24.3 Å². The Morgan fingerprint density at radius 3 is 2.52 bits per heavy atom. The lowest BCUT2D eigenvalue weighted by molar-refractivity contribution is 0.0321. The van der Waals surface area contributed by atoms with Crippen LogP contribution in [0.5, 0.6) is 0 Å². The first kappa shape index (κ1) is 19.8. The second-order valence-electron chi connectivity index (χ2n) is 5.66. The number of rotatable bonds is 6. The Morgan fingerprint density at radius 2 is 1.88 bits per heavy atom. The second-order valence-corrected chi connectivity index (χ2v) is 6.96. The summed E-state index contributed by atoms with van der Waals surface area (Å²) < 4.78 is 5.41. The Labute approximate surface area is 162 Å². The molecule has 0 radical (unpaired) electrons. The summed E-state index contributed by atoms with van der Waals surface area (Å²) in [7, 11) is 0. The zero-order valence-corrected chi connectivity index (χ0v) is 16.3. The fourth-order valence-electron chi connectivity index (χ4n) is 2.43. The summed E-state index contributed by atoms with van der Waals surface area (Å²) in [5, 5.41) is 0.538. The summed E-state index contributed by atoms with van der Waals surface area (Å²) in [6.07, 6.45) is 1.40. The van der Waals surface area contributed by atoms with Gasteiger partial charge in [0, 0.05) is 10.5 Å². The zero-order valence-electron chi connectivity index (χ0n) is 13.9. The molecule has 6 heteroatoms. The first-order chi connectivity index (χ1) is 11.8. The normalized spacial score (nSPS) is 11.9. The average molecular weight is 397 g/mol. The molecule has 25 heavy (non-hydrogen) atoms. The Kier molecular flexibility index (Phi) is 6.94. The number of carbonyl (C=O) groups is 2.